The van der Waals surface area contributed by atoms with E-state index in [0.29, 0.717) is 19.0 Å². The monoisotopic (exact) mass is 273 g/mol. The van der Waals surface area contributed by atoms with Crippen LogP contribution in [0, 0.1) is 17.6 Å². The summed E-state index contributed by atoms with van der Waals surface area (Å²) in [6.45, 7) is 3.08. The molecule has 18 heavy (non-hydrogen) atoms. The summed E-state index contributed by atoms with van der Waals surface area (Å²) < 4.78 is 26.9. The van der Waals surface area contributed by atoms with Gasteiger partial charge in [-0.05, 0) is 30.8 Å². The first-order valence-electron chi connectivity index (χ1n) is 6.12. The molecule has 0 saturated carbocycles. The molecule has 2 rings (SSSR count). The first-order valence-corrected chi connectivity index (χ1v) is 7.27. The Labute approximate surface area is 110 Å². The van der Waals surface area contributed by atoms with Gasteiger partial charge in [0, 0.05) is 19.2 Å². The van der Waals surface area contributed by atoms with Gasteiger partial charge in [-0.25, -0.2) is 13.8 Å². The summed E-state index contributed by atoms with van der Waals surface area (Å²) >= 11 is 1.91. The van der Waals surface area contributed by atoms with E-state index in [9.17, 15) is 8.78 Å². The van der Waals surface area contributed by atoms with Gasteiger partial charge >= 0.3 is 0 Å². The molecule has 1 aliphatic rings. The number of aromatic nitrogens is 1. The van der Waals surface area contributed by atoms with Crippen molar-refractivity contribution in [3.05, 3.63) is 17.7 Å². The Morgan fingerprint density at radius 1 is 1.33 bits per heavy atom. The second kappa shape index (κ2) is 6.22. The molecule has 1 fully saturated rings. The maximum atomic E-state index is 13.5. The van der Waals surface area contributed by atoms with E-state index in [1.807, 2.05) is 18.7 Å². The van der Waals surface area contributed by atoms with Crippen LogP contribution in [-0.4, -0.2) is 29.6 Å². The van der Waals surface area contributed by atoms with Gasteiger partial charge in [-0.15, -0.1) is 0 Å². The number of nitrogens with zero attached hydrogens (tertiary/aromatic N) is 1. The predicted molar refractivity (Wildman–Crippen MR) is 72.2 cm³/mol. The number of thioether (sulfide) groups is 1. The maximum absolute atomic E-state index is 13.5. The Hall–Kier alpha value is -1.04. The van der Waals surface area contributed by atoms with E-state index in [0.717, 1.165) is 24.0 Å². The summed E-state index contributed by atoms with van der Waals surface area (Å²) in [5.74, 6) is 1.73. The highest BCUT2D eigenvalue weighted by molar-refractivity contribution is 7.99. The lowest BCUT2D eigenvalue weighted by molar-refractivity contribution is 0.573. The van der Waals surface area contributed by atoms with E-state index in [1.165, 1.54) is 0 Å². The number of nitrogens with one attached hydrogen (secondary N) is 2. The molecule has 0 amide bonds. The molecule has 1 aliphatic heterocycles. The van der Waals surface area contributed by atoms with Gasteiger partial charge in [-0.1, -0.05) is 0 Å². The van der Waals surface area contributed by atoms with Crippen molar-refractivity contribution in [3.63, 3.8) is 0 Å². The van der Waals surface area contributed by atoms with Gasteiger partial charge in [0.15, 0.2) is 23.3 Å². The van der Waals surface area contributed by atoms with Crippen molar-refractivity contribution in [2.45, 2.75) is 13.3 Å². The molecule has 2 N–H and O–H groups in total. The van der Waals surface area contributed by atoms with Crippen molar-refractivity contribution >= 4 is 23.4 Å². The standard InChI is InChI=1S/C12H17F2N3S/c1-2-15-11-9(13)5-10(14)12(17-11)16-6-8-3-4-18-7-8/h5,8H,2-4,6-7H2,1H3,(H2,15,16,17). The van der Waals surface area contributed by atoms with Gasteiger partial charge in [0.2, 0.25) is 0 Å². The molecule has 1 aromatic rings. The number of hydrogen-bond acceptors (Lipinski definition) is 4. The Kier molecular flexibility index (Phi) is 4.63. The van der Waals surface area contributed by atoms with E-state index < -0.39 is 11.6 Å². The zero-order valence-electron chi connectivity index (χ0n) is 10.3. The number of pyridine rings is 1. The molecule has 0 bridgehead atoms. The van der Waals surface area contributed by atoms with Crippen LogP contribution in [0.1, 0.15) is 13.3 Å². The Bertz CT molecular complexity index is 409. The number of halogens is 2. The largest absolute Gasteiger partial charge is 0.368 e. The van der Waals surface area contributed by atoms with Gasteiger partial charge < -0.3 is 10.6 Å². The van der Waals surface area contributed by atoms with E-state index in [1.54, 1.807) is 0 Å². The molecule has 0 aromatic carbocycles. The van der Waals surface area contributed by atoms with Gasteiger partial charge in [0.1, 0.15) is 0 Å². The zero-order valence-corrected chi connectivity index (χ0v) is 11.1. The smallest absolute Gasteiger partial charge is 0.168 e. The lowest BCUT2D eigenvalue weighted by atomic mass is 10.1. The fraction of sp³-hybridized carbons (Fsp3) is 0.583. The SMILES string of the molecule is CCNc1nc(NCC2CCSC2)c(F)cc1F. The molecule has 0 radical (unpaired) electrons. The van der Waals surface area contributed by atoms with Crippen LogP contribution in [0.3, 0.4) is 0 Å². The molecule has 1 atom stereocenters. The van der Waals surface area contributed by atoms with Gasteiger partial charge in [-0.2, -0.15) is 11.8 Å². The molecule has 1 unspecified atom stereocenters. The van der Waals surface area contributed by atoms with Crippen LogP contribution in [0.25, 0.3) is 0 Å². The van der Waals surface area contributed by atoms with Crippen LogP contribution in [0.5, 0.6) is 0 Å². The Morgan fingerprint density at radius 2 is 2.06 bits per heavy atom. The lowest BCUT2D eigenvalue weighted by Crippen LogP contribution is -2.16. The predicted octanol–water partition coefficient (Wildman–Crippen LogP) is 2.96. The Balaban J connectivity index is 2.03. The first kappa shape index (κ1) is 13.4. The van der Waals surface area contributed by atoms with Crippen molar-refractivity contribution in [1.82, 2.24) is 4.98 Å². The van der Waals surface area contributed by atoms with Gasteiger partial charge in [0.25, 0.3) is 0 Å². The highest BCUT2D eigenvalue weighted by Gasteiger charge is 2.17. The van der Waals surface area contributed by atoms with E-state index in [-0.39, 0.29) is 11.6 Å². The average Bonchev–Trinajstić information content (AvgIpc) is 2.84. The van der Waals surface area contributed by atoms with E-state index >= 15 is 0 Å². The number of hydrogen-bond donors (Lipinski definition) is 2. The molecule has 1 aromatic heterocycles. The third-order valence-electron chi connectivity index (χ3n) is 2.86. The van der Waals surface area contributed by atoms with Crippen LogP contribution in [0.4, 0.5) is 20.4 Å². The minimum Gasteiger partial charge on any atom is -0.368 e. The third kappa shape index (κ3) is 3.25. The molecule has 6 heteroatoms. The van der Waals surface area contributed by atoms with Crippen molar-refractivity contribution in [2.24, 2.45) is 5.92 Å². The maximum Gasteiger partial charge on any atom is 0.168 e. The fourth-order valence-electron chi connectivity index (χ4n) is 1.87. The molecular weight excluding hydrogens is 256 g/mol. The van der Waals surface area contributed by atoms with Crippen molar-refractivity contribution in [3.8, 4) is 0 Å². The van der Waals surface area contributed by atoms with Crippen LogP contribution >= 0.6 is 11.8 Å². The molecule has 0 aliphatic carbocycles. The normalized spacial score (nSPS) is 18.9. The van der Waals surface area contributed by atoms with Crippen molar-refractivity contribution in [1.29, 1.82) is 0 Å². The molecule has 0 spiro atoms. The second-order valence-electron chi connectivity index (χ2n) is 4.29. The lowest BCUT2D eigenvalue weighted by Gasteiger charge is -2.13. The zero-order chi connectivity index (χ0) is 13.0. The molecule has 2 heterocycles. The quantitative estimate of drug-likeness (QED) is 0.865. The molecule has 100 valence electrons. The fourth-order valence-corrected chi connectivity index (χ4v) is 3.15. The van der Waals surface area contributed by atoms with Crippen LogP contribution < -0.4 is 10.6 Å². The third-order valence-corrected chi connectivity index (χ3v) is 4.09. The molecule has 3 nitrogen and oxygen atoms in total. The summed E-state index contributed by atoms with van der Waals surface area (Å²) in [4.78, 5) is 3.94. The summed E-state index contributed by atoms with van der Waals surface area (Å²) in [6.07, 6.45) is 1.14. The van der Waals surface area contributed by atoms with Gasteiger partial charge in [-0.3, -0.25) is 0 Å². The summed E-state index contributed by atoms with van der Waals surface area (Å²) in [6, 6.07) is 0.872. The minimum absolute atomic E-state index is 0.0993. The van der Waals surface area contributed by atoms with Crippen molar-refractivity contribution < 1.29 is 8.78 Å². The van der Waals surface area contributed by atoms with Crippen LogP contribution in [-0.2, 0) is 0 Å². The topological polar surface area (TPSA) is 37.0 Å². The highest BCUT2D eigenvalue weighted by atomic mass is 32.2. The van der Waals surface area contributed by atoms with Gasteiger partial charge in [0.05, 0.1) is 0 Å². The van der Waals surface area contributed by atoms with Crippen LogP contribution in [0.15, 0.2) is 6.07 Å². The minimum atomic E-state index is -0.656. The van der Waals surface area contributed by atoms with E-state index in [2.05, 4.69) is 15.6 Å². The number of rotatable bonds is 5. The second-order valence-corrected chi connectivity index (χ2v) is 5.44. The van der Waals surface area contributed by atoms with Crippen molar-refractivity contribution in [2.75, 3.05) is 35.2 Å². The Morgan fingerprint density at radius 3 is 2.67 bits per heavy atom. The summed E-state index contributed by atoms with van der Waals surface area (Å²) in [5.41, 5.74) is 0. The number of anilines is 2. The first-order chi connectivity index (χ1) is 8.70. The average molecular weight is 273 g/mol. The summed E-state index contributed by atoms with van der Waals surface area (Å²) in [5, 5.41) is 5.75. The van der Waals surface area contributed by atoms with E-state index in [4.69, 9.17) is 0 Å². The summed E-state index contributed by atoms with van der Waals surface area (Å²) in [7, 11) is 0. The highest BCUT2D eigenvalue weighted by Crippen LogP contribution is 2.24. The van der Waals surface area contributed by atoms with Crippen LogP contribution in [0.2, 0.25) is 0 Å². The molecular formula is C12H17F2N3S. The molecule has 1 saturated heterocycles.